The second-order valence-corrected chi connectivity index (χ2v) is 5.85. The zero-order chi connectivity index (χ0) is 15.5. The summed E-state index contributed by atoms with van der Waals surface area (Å²) in [5, 5.41) is 1.91. The van der Waals surface area contributed by atoms with E-state index in [1.807, 2.05) is 17.5 Å². The molecule has 2 amide bonds. The lowest BCUT2D eigenvalue weighted by atomic mass is 10.2. The van der Waals surface area contributed by atoms with Crippen LogP contribution < -0.4 is 4.90 Å². The number of carbonyl (C=O) groups excluding carboxylic acids is 2. The molecule has 0 aliphatic carbocycles. The van der Waals surface area contributed by atoms with Gasteiger partial charge in [0, 0.05) is 18.0 Å². The van der Waals surface area contributed by atoms with Crippen molar-refractivity contribution in [2.24, 2.45) is 0 Å². The Kier molecular flexibility index (Phi) is 4.10. The van der Waals surface area contributed by atoms with Crippen molar-refractivity contribution in [3.63, 3.8) is 0 Å². The van der Waals surface area contributed by atoms with Gasteiger partial charge in [0.2, 0.25) is 17.8 Å². The molecule has 0 bridgehead atoms. The molecular formula is C14H13FN4O2S. The lowest BCUT2D eigenvalue weighted by Crippen LogP contribution is -2.53. The van der Waals surface area contributed by atoms with Crippen LogP contribution in [0.4, 0.5) is 10.3 Å². The van der Waals surface area contributed by atoms with Crippen LogP contribution >= 0.6 is 11.3 Å². The SMILES string of the molecule is O=C(Cc1cccs1)N1CCN(c2ncc(F)cn2)C(=O)C1. The van der Waals surface area contributed by atoms with Crippen LogP contribution in [0.5, 0.6) is 0 Å². The fourth-order valence-electron chi connectivity index (χ4n) is 2.22. The standard InChI is InChI=1S/C14H13FN4O2S/c15-10-7-16-14(17-8-10)19-4-3-18(9-13(19)21)12(20)6-11-2-1-5-22-11/h1-2,5,7-8H,3-4,6,9H2. The Balaban J connectivity index is 1.63. The molecule has 1 saturated heterocycles. The van der Waals surface area contributed by atoms with E-state index in [2.05, 4.69) is 9.97 Å². The van der Waals surface area contributed by atoms with Gasteiger partial charge in [-0.2, -0.15) is 0 Å². The third-order valence-electron chi connectivity index (χ3n) is 3.33. The molecule has 0 spiro atoms. The highest BCUT2D eigenvalue weighted by Gasteiger charge is 2.29. The van der Waals surface area contributed by atoms with Crippen LogP contribution in [0.3, 0.4) is 0 Å². The van der Waals surface area contributed by atoms with Crippen molar-refractivity contribution in [3.8, 4) is 0 Å². The molecular weight excluding hydrogens is 307 g/mol. The number of nitrogens with zero attached hydrogens (tertiary/aromatic N) is 4. The molecule has 0 unspecified atom stereocenters. The lowest BCUT2D eigenvalue weighted by Gasteiger charge is -2.32. The minimum atomic E-state index is -0.555. The molecule has 0 atom stereocenters. The van der Waals surface area contributed by atoms with E-state index in [0.29, 0.717) is 19.5 Å². The second-order valence-electron chi connectivity index (χ2n) is 4.82. The first-order valence-electron chi connectivity index (χ1n) is 6.71. The minimum Gasteiger partial charge on any atom is -0.331 e. The van der Waals surface area contributed by atoms with Crippen LogP contribution in [-0.2, 0) is 16.0 Å². The maximum atomic E-state index is 12.8. The van der Waals surface area contributed by atoms with Crippen molar-refractivity contribution >= 4 is 29.1 Å². The van der Waals surface area contributed by atoms with E-state index in [0.717, 1.165) is 17.3 Å². The molecule has 0 N–H and O–H groups in total. The van der Waals surface area contributed by atoms with Crippen molar-refractivity contribution in [1.29, 1.82) is 0 Å². The van der Waals surface area contributed by atoms with Gasteiger partial charge in [-0.15, -0.1) is 11.3 Å². The fourth-order valence-corrected chi connectivity index (χ4v) is 2.91. The molecule has 6 nitrogen and oxygen atoms in total. The third-order valence-corrected chi connectivity index (χ3v) is 4.20. The van der Waals surface area contributed by atoms with Gasteiger partial charge in [0.1, 0.15) is 6.54 Å². The highest BCUT2D eigenvalue weighted by Crippen LogP contribution is 2.15. The van der Waals surface area contributed by atoms with Gasteiger partial charge < -0.3 is 4.90 Å². The van der Waals surface area contributed by atoms with Crippen LogP contribution in [0.1, 0.15) is 4.88 Å². The van der Waals surface area contributed by atoms with Gasteiger partial charge in [-0.25, -0.2) is 14.4 Å². The summed E-state index contributed by atoms with van der Waals surface area (Å²) >= 11 is 1.52. The average Bonchev–Trinajstić information content (AvgIpc) is 3.01. The molecule has 3 rings (SSSR count). The molecule has 22 heavy (non-hydrogen) atoms. The Bertz CT molecular complexity index is 675. The number of rotatable bonds is 3. The van der Waals surface area contributed by atoms with E-state index in [1.165, 1.54) is 21.1 Å². The van der Waals surface area contributed by atoms with Crippen LogP contribution in [-0.4, -0.2) is 46.3 Å². The van der Waals surface area contributed by atoms with Crippen molar-refractivity contribution in [2.75, 3.05) is 24.5 Å². The van der Waals surface area contributed by atoms with Crippen molar-refractivity contribution in [3.05, 3.63) is 40.6 Å². The van der Waals surface area contributed by atoms with Gasteiger partial charge in [0.15, 0.2) is 5.82 Å². The molecule has 0 saturated carbocycles. The van der Waals surface area contributed by atoms with Gasteiger partial charge in [0.25, 0.3) is 0 Å². The molecule has 114 valence electrons. The molecule has 3 heterocycles. The average molecular weight is 320 g/mol. The van der Waals surface area contributed by atoms with E-state index >= 15 is 0 Å². The predicted octanol–water partition coefficient (Wildman–Crippen LogP) is 1.10. The molecule has 0 aromatic carbocycles. The molecule has 8 heteroatoms. The first-order chi connectivity index (χ1) is 10.6. The van der Waals surface area contributed by atoms with Gasteiger partial charge in [-0.1, -0.05) is 6.07 Å². The summed E-state index contributed by atoms with van der Waals surface area (Å²) in [5.74, 6) is -0.731. The van der Waals surface area contributed by atoms with E-state index in [1.54, 1.807) is 0 Å². The van der Waals surface area contributed by atoms with Crippen molar-refractivity contribution in [1.82, 2.24) is 14.9 Å². The summed E-state index contributed by atoms with van der Waals surface area (Å²) in [4.78, 5) is 35.8. The van der Waals surface area contributed by atoms with Crippen LogP contribution in [0.2, 0.25) is 0 Å². The molecule has 1 aliphatic rings. The van der Waals surface area contributed by atoms with Gasteiger partial charge >= 0.3 is 0 Å². The Hall–Kier alpha value is -2.35. The summed E-state index contributed by atoms with van der Waals surface area (Å²) in [5.41, 5.74) is 0. The number of anilines is 1. The fraction of sp³-hybridized carbons (Fsp3) is 0.286. The van der Waals surface area contributed by atoms with Gasteiger partial charge in [0.05, 0.1) is 18.8 Å². The molecule has 2 aromatic heterocycles. The number of amides is 2. The normalized spacial score (nSPS) is 15.2. The number of hydrogen-bond acceptors (Lipinski definition) is 5. The number of hydrogen-bond donors (Lipinski definition) is 0. The third kappa shape index (κ3) is 3.11. The Morgan fingerprint density at radius 1 is 1.32 bits per heavy atom. The highest BCUT2D eigenvalue weighted by atomic mass is 32.1. The van der Waals surface area contributed by atoms with E-state index < -0.39 is 5.82 Å². The summed E-state index contributed by atoms with van der Waals surface area (Å²) in [6, 6.07) is 3.79. The van der Waals surface area contributed by atoms with Crippen LogP contribution in [0, 0.1) is 5.82 Å². The van der Waals surface area contributed by atoms with E-state index in [9.17, 15) is 14.0 Å². The van der Waals surface area contributed by atoms with Crippen LogP contribution in [0.25, 0.3) is 0 Å². The molecule has 0 radical (unpaired) electrons. The summed E-state index contributed by atoms with van der Waals surface area (Å²) in [6.45, 7) is 0.711. The number of aromatic nitrogens is 2. The van der Waals surface area contributed by atoms with E-state index in [-0.39, 0.29) is 24.3 Å². The monoisotopic (exact) mass is 320 g/mol. The number of halogens is 1. The minimum absolute atomic E-state index is 0.00898. The molecule has 1 aliphatic heterocycles. The first-order valence-corrected chi connectivity index (χ1v) is 7.59. The maximum absolute atomic E-state index is 12.8. The van der Waals surface area contributed by atoms with E-state index in [4.69, 9.17) is 0 Å². The maximum Gasteiger partial charge on any atom is 0.249 e. The summed E-state index contributed by atoms with van der Waals surface area (Å²) in [6.07, 6.45) is 2.34. The van der Waals surface area contributed by atoms with Gasteiger partial charge in [-0.3, -0.25) is 14.5 Å². The summed E-state index contributed by atoms with van der Waals surface area (Å²) < 4.78 is 12.8. The number of thiophene rings is 1. The predicted molar refractivity (Wildman–Crippen MR) is 78.9 cm³/mol. The Morgan fingerprint density at radius 2 is 2.09 bits per heavy atom. The molecule has 1 fully saturated rings. The zero-order valence-electron chi connectivity index (χ0n) is 11.6. The van der Waals surface area contributed by atoms with Gasteiger partial charge in [-0.05, 0) is 11.4 Å². The molecule has 2 aromatic rings. The summed E-state index contributed by atoms with van der Waals surface area (Å²) in [7, 11) is 0. The van der Waals surface area contributed by atoms with Crippen molar-refractivity contribution in [2.45, 2.75) is 6.42 Å². The second kappa shape index (κ2) is 6.18. The quantitative estimate of drug-likeness (QED) is 0.849. The zero-order valence-corrected chi connectivity index (χ0v) is 12.4. The Labute approximate surface area is 130 Å². The first kappa shape index (κ1) is 14.6. The van der Waals surface area contributed by atoms with Crippen molar-refractivity contribution < 1.29 is 14.0 Å². The Morgan fingerprint density at radius 3 is 2.73 bits per heavy atom. The highest BCUT2D eigenvalue weighted by molar-refractivity contribution is 7.10. The largest absolute Gasteiger partial charge is 0.331 e. The lowest BCUT2D eigenvalue weighted by molar-refractivity contribution is -0.136. The smallest absolute Gasteiger partial charge is 0.249 e. The number of carbonyl (C=O) groups is 2. The number of piperazine rings is 1. The van der Waals surface area contributed by atoms with Crippen LogP contribution in [0.15, 0.2) is 29.9 Å². The topological polar surface area (TPSA) is 66.4 Å².